The Morgan fingerprint density at radius 3 is 3.06 bits per heavy atom. The summed E-state index contributed by atoms with van der Waals surface area (Å²) >= 11 is 0. The number of anilines is 1. The number of pyridine rings is 1. The molecule has 1 fully saturated rings. The van der Waals surface area contributed by atoms with Crippen LogP contribution < -0.4 is 5.73 Å². The Kier molecular flexibility index (Phi) is 2.61. The zero-order chi connectivity index (χ0) is 12.7. The standard InChI is InChI=1S/C12H15N3O3/c13-10-5-9(17)8-3-4-15(12(8)14-10)11-2-1-7(6-16)18-11/h3-5,7,11,16H,1-2,6H2,(H3,13,14,17)/t7-,11-/m0/s1. The molecule has 2 atom stereocenters. The first-order valence-electron chi connectivity index (χ1n) is 5.91. The van der Waals surface area contributed by atoms with Gasteiger partial charge in [0.2, 0.25) is 0 Å². The third kappa shape index (κ3) is 1.70. The van der Waals surface area contributed by atoms with Crippen molar-refractivity contribution in [3.63, 3.8) is 0 Å². The normalized spacial score (nSPS) is 23.8. The van der Waals surface area contributed by atoms with Gasteiger partial charge in [0.05, 0.1) is 18.1 Å². The second-order valence-electron chi connectivity index (χ2n) is 4.50. The van der Waals surface area contributed by atoms with Gasteiger partial charge >= 0.3 is 0 Å². The first-order valence-corrected chi connectivity index (χ1v) is 5.91. The fourth-order valence-electron chi connectivity index (χ4n) is 2.39. The molecule has 0 saturated carbocycles. The highest BCUT2D eigenvalue weighted by molar-refractivity contribution is 5.84. The van der Waals surface area contributed by atoms with Crippen molar-refractivity contribution in [2.45, 2.75) is 25.2 Å². The van der Waals surface area contributed by atoms with Crippen molar-refractivity contribution < 1.29 is 14.9 Å². The van der Waals surface area contributed by atoms with Crippen molar-refractivity contribution in [2.24, 2.45) is 0 Å². The third-order valence-corrected chi connectivity index (χ3v) is 3.28. The van der Waals surface area contributed by atoms with Crippen molar-refractivity contribution in [3.8, 4) is 5.75 Å². The Hall–Kier alpha value is -1.79. The lowest BCUT2D eigenvalue weighted by Gasteiger charge is -2.14. The van der Waals surface area contributed by atoms with E-state index in [9.17, 15) is 5.11 Å². The summed E-state index contributed by atoms with van der Waals surface area (Å²) in [5.41, 5.74) is 6.25. The molecular weight excluding hydrogens is 234 g/mol. The average Bonchev–Trinajstić information content (AvgIpc) is 2.93. The Bertz CT molecular complexity index is 581. The fourth-order valence-corrected chi connectivity index (χ4v) is 2.39. The molecular formula is C12H15N3O3. The SMILES string of the molecule is Nc1cc(O)c2ccn([C@@H]3CC[C@@H](CO)O3)c2n1. The number of fused-ring (bicyclic) bond motifs is 1. The van der Waals surface area contributed by atoms with Crippen LogP contribution in [0, 0.1) is 0 Å². The van der Waals surface area contributed by atoms with E-state index >= 15 is 0 Å². The van der Waals surface area contributed by atoms with Gasteiger partial charge in [-0.2, -0.15) is 0 Å². The minimum atomic E-state index is -0.159. The van der Waals surface area contributed by atoms with Crippen LogP contribution >= 0.6 is 0 Å². The van der Waals surface area contributed by atoms with Crippen LogP contribution in [0.25, 0.3) is 11.0 Å². The monoisotopic (exact) mass is 249 g/mol. The van der Waals surface area contributed by atoms with Gasteiger partial charge in [0.15, 0.2) is 0 Å². The fraction of sp³-hybridized carbons (Fsp3) is 0.417. The first kappa shape index (κ1) is 11.3. The number of aromatic hydroxyl groups is 1. The molecule has 6 nitrogen and oxygen atoms in total. The lowest BCUT2D eigenvalue weighted by Crippen LogP contribution is -2.14. The average molecular weight is 249 g/mol. The van der Waals surface area contributed by atoms with Crippen LogP contribution in [0.3, 0.4) is 0 Å². The van der Waals surface area contributed by atoms with E-state index in [-0.39, 0.29) is 30.5 Å². The molecule has 1 aliphatic heterocycles. The van der Waals surface area contributed by atoms with Gasteiger partial charge in [-0.05, 0) is 18.9 Å². The van der Waals surface area contributed by atoms with Crippen LogP contribution in [0.1, 0.15) is 19.1 Å². The molecule has 6 heteroatoms. The summed E-state index contributed by atoms with van der Waals surface area (Å²) in [7, 11) is 0. The van der Waals surface area contributed by atoms with Crippen molar-refractivity contribution in [1.29, 1.82) is 0 Å². The Morgan fingerprint density at radius 1 is 1.50 bits per heavy atom. The van der Waals surface area contributed by atoms with Crippen LogP contribution in [0.2, 0.25) is 0 Å². The maximum atomic E-state index is 9.79. The zero-order valence-corrected chi connectivity index (χ0v) is 9.78. The van der Waals surface area contributed by atoms with E-state index in [0.29, 0.717) is 11.0 Å². The number of aliphatic hydroxyl groups is 1. The Balaban J connectivity index is 2.03. The number of nitrogens with two attached hydrogens (primary N) is 1. The smallest absolute Gasteiger partial charge is 0.148 e. The van der Waals surface area contributed by atoms with Crippen molar-refractivity contribution in [3.05, 3.63) is 18.3 Å². The molecule has 3 rings (SSSR count). The predicted molar refractivity (Wildman–Crippen MR) is 66.0 cm³/mol. The number of aromatic nitrogens is 2. The van der Waals surface area contributed by atoms with E-state index in [1.807, 2.05) is 10.8 Å². The summed E-state index contributed by atoms with van der Waals surface area (Å²) in [5.74, 6) is 0.393. The lowest BCUT2D eigenvalue weighted by atomic mass is 10.2. The number of rotatable bonds is 2. The molecule has 2 aromatic rings. The predicted octanol–water partition coefficient (Wildman–Crippen LogP) is 0.994. The van der Waals surface area contributed by atoms with E-state index < -0.39 is 0 Å². The van der Waals surface area contributed by atoms with Crippen molar-refractivity contribution >= 4 is 16.9 Å². The summed E-state index contributed by atoms with van der Waals surface area (Å²) in [5, 5.41) is 19.5. The summed E-state index contributed by atoms with van der Waals surface area (Å²) < 4.78 is 7.54. The van der Waals surface area contributed by atoms with Crippen molar-refractivity contribution in [2.75, 3.05) is 12.3 Å². The summed E-state index contributed by atoms with van der Waals surface area (Å²) in [6.07, 6.45) is 3.17. The number of ether oxygens (including phenoxy) is 1. The highest BCUT2D eigenvalue weighted by atomic mass is 16.5. The largest absolute Gasteiger partial charge is 0.507 e. The number of hydrogen-bond acceptors (Lipinski definition) is 5. The minimum absolute atomic E-state index is 0.0243. The molecule has 0 spiro atoms. The molecule has 1 saturated heterocycles. The molecule has 96 valence electrons. The number of nitrogen functional groups attached to an aromatic ring is 1. The van der Waals surface area contributed by atoms with Crippen LogP contribution in [-0.4, -0.2) is 32.5 Å². The van der Waals surface area contributed by atoms with Gasteiger partial charge in [-0.15, -0.1) is 0 Å². The molecule has 1 aliphatic rings. The number of nitrogens with zero attached hydrogens (tertiary/aromatic N) is 2. The van der Waals surface area contributed by atoms with E-state index in [4.69, 9.17) is 15.6 Å². The van der Waals surface area contributed by atoms with Crippen LogP contribution in [0.4, 0.5) is 5.82 Å². The molecule has 18 heavy (non-hydrogen) atoms. The Morgan fingerprint density at radius 2 is 2.33 bits per heavy atom. The maximum Gasteiger partial charge on any atom is 0.148 e. The van der Waals surface area contributed by atoms with E-state index in [2.05, 4.69) is 4.98 Å². The second-order valence-corrected chi connectivity index (χ2v) is 4.50. The molecule has 0 amide bonds. The first-order chi connectivity index (χ1) is 8.69. The van der Waals surface area contributed by atoms with Gasteiger partial charge in [0.1, 0.15) is 23.4 Å². The van der Waals surface area contributed by atoms with E-state index in [1.54, 1.807) is 6.07 Å². The highest BCUT2D eigenvalue weighted by Gasteiger charge is 2.27. The molecule has 0 bridgehead atoms. The minimum Gasteiger partial charge on any atom is -0.507 e. The topological polar surface area (TPSA) is 93.5 Å². The quantitative estimate of drug-likeness (QED) is 0.738. The summed E-state index contributed by atoms with van der Waals surface area (Å²) in [6, 6.07) is 3.21. The van der Waals surface area contributed by atoms with E-state index in [0.717, 1.165) is 12.8 Å². The van der Waals surface area contributed by atoms with Crippen LogP contribution in [0.5, 0.6) is 5.75 Å². The highest BCUT2D eigenvalue weighted by Crippen LogP contribution is 2.33. The second kappa shape index (κ2) is 4.15. The van der Waals surface area contributed by atoms with Crippen LogP contribution in [-0.2, 0) is 4.74 Å². The van der Waals surface area contributed by atoms with Gasteiger partial charge in [0, 0.05) is 12.3 Å². The van der Waals surface area contributed by atoms with Crippen LogP contribution in [0.15, 0.2) is 18.3 Å². The van der Waals surface area contributed by atoms with E-state index in [1.165, 1.54) is 6.07 Å². The number of aliphatic hydroxyl groups excluding tert-OH is 1. The molecule has 0 aliphatic carbocycles. The molecule has 0 aromatic carbocycles. The summed E-state index contributed by atoms with van der Waals surface area (Å²) in [4.78, 5) is 4.23. The molecule has 0 radical (unpaired) electrons. The van der Waals surface area contributed by atoms with Crippen molar-refractivity contribution in [1.82, 2.24) is 9.55 Å². The molecule has 3 heterocycles. The van der Waals surface area contributed by atoms with Gasteiger partial charge in [-0.25, -0.2) is 4.98 Å². The zero-order valence-electron chi connectivity index (χ0n) is 9.78. The lowest BCUT2D eigenvalue weighted by molar-refractivity contribution is -0.0204. The molecule has 4 N–H and O–H groups in total. The van der Waals surface area contributed by atoms with Gasteiger partial charge in [-0.1, -0.05) is 0 Å². The van der Waals surface area contributed by atoms with Gasteiger partial charge < -0.3 is 25.3 Å². The molecule has 0 unspecified atom stereocenters. The summed E-state index contributed by atoms with van der Waals surface area (Å²) in [6.45, 7) is 0.0243. The van der Waals surface area contributed by atoms with Gasteiger partial charge in [0.25, 0.3) is 0 Å². The maximum absolute atomic E-state index is 9.79. The van der Waals surface area contributed by atoms with Gasteiger partial charge in [-0.3, -0.25) is 0 Å². The third-order valence-electron chi connectivity index (χ3n) is 3.28. The number of hydrogen-bond donors (Lipinski definition) is 3. The Labute approximate surface area is 104 Å². The molecule has 2 aromatic heterocycles.